The van der Waals surface area contributed by atoms with Gasteiger partial charge in [-0.2, -0.15) is 0 Å². The van der Waals surface area contributed by atoms with E-state index in [0.29, 0.717) is 11.5 Å². The molecule has 0 amide bonds. The highest BCUT2D eigenvalue weighted by Gasteiger charge is 2.36. The van der Waals surface area contributed by atoms with Crippen LogP contribution < -0.4 is 5.32 Å². The molecule has 1 aromatic rings. The molecule has 6 heteroatoms. The van der Waals surface area contributed by atoms with Gasteiger partial charge in [0, 0.05) is 30.4 Å². The van der Waals surface area contributed by atoms with Crippen molar-refractivity contribution in [3.8, 4) is 0 Å². The van der Waals surface area contributed by atoms with E-state index in [1.165, 1.54) is 12.1 Å². The number of hydrogen-bond donors (Lipinski definition) is 1. The second-order valence-corrected chi connectivity index (χ2v) is 6.34. The first-order valence-corrected chi connectivity index (χ1v) is 7.62. The second kappa shape index (κ2) is 6.44. The number of benzene rings is 1. The Kier molecular flexibility index (Phi) is 4.81. The number of nitro groups is 1. The van der Waals surface area contributed by atoms with Crippen LogP contribution in [0.3, 0.4) is 0 Å². The highest BCUT2D eigenvalue weighted by Crippen LogP contribution is 2.30. The van der Waals surface area contributed by atoms with Gasteiger partial charge < -0.3 is 10.1 Å². The van der Waals surface area contributed by atoms with Crippen LogP contribution in [0.1, 0.15) is 42.6 Å². The molecular formula is C16H23N2O4+. The fraction of sp³-hybridized carbons (Fsp3) is 0.562. The Morgan fingerprint density at radius 1 is 1.36 bits per heavy atom. The van der Waals surface area contributed by atoms with E-state index >= 15 is 0 Å². The van der Waals surface area contributed by atoms with Crippen molar-refractivity contribution >= 4 is 11.7 Å². The van der Waals surface area contributed by atoms with Gasteiger partial charge in [0.2, 0.25) is 0 Å². The normalized spacial score (nSPS) is 16.3. The fourth-order valence-electron chi connectivity index (χ4n) is 3.04. The van der Waals surface area contributed by atoms with E-state index in [1.807, 2.05) is 13.8 Å². The number of piperidine rings is 1. The highest BCUT2D eigenvalue weighted by atomic mass is 16.6. The minimum Gasteiger partial charge on any atom is -0.456 e. The van der Waals surface area contributed by atoms with Gasteiger partial charge in [-0.05, 0) is 26.8 Å². The molecule has 0 aromatic heterocycles. The molecule has 1 aromatic carbocycles. The van der Waals surface area contributed by atoms with Gasteiger partial charge in [0.15, 0.2) is 0 Å². The molecule has 2 N–H and O–H groups in total. The Bertz CT molecular complexity index is 578. The number of nitrogens with zero attached hydrogens (tertiary/aromatic N) is 1. The lowest BCUT2D eigenvalue weighted by molar-refractivity contribution is -0.665. The number of nitrogens with two attached hydrogens (primary N) is 1. The summed E-state index contributed by atoms with van der Waals surface area (Å²) in [5.41, 5.74) is -0.00276. The van der Waals surface area contributed by atoms with E-state index < -0.39 is 16.5 Å². The minimum atomic E-state index is -0.567. The Morgan fingerprint density at radius 3 is 2.59 bits per heavy atom. The molecule has 6 nitrogen and oxygen atoms in total. The summed E-state index contributed by atoms with van der Waals surface area (Å²) in [6, 6.07) is 4.49. The molecule has 1 aliphatic heterocycles. The summed E-state index contributed by atoms with van der Waals surface area (Å²) in [6.07, 6.45) is 2.02. The molecule has 0 atom stereocenters. The Balaban J connectivity index is 2.18. The van der Waals surface area contributed by atoms with Crippen molar-refractivity contribution in [2.75, 3.05) is 13.1 Å². The monoisotopic (exact) mass is 307 g/mol. The summed E-state index contributed by atoms with van der Waals surface area (Å²) in [4.78, 5) is 22.9. The molecule has 0 bridgehead atoms. The van der Waals surface area contributed by atoms with Crippen molar-refractivity contribution < 1.29 is 19.8 Å². The van der Waals surface area contributed by atoms with Gasteiger partial charge in [0.25, 0.3) is 5.69 Å². The summed E-state index contributed by atoms with van der Waals surface area (Å²) < 4.78 is 5.70. The number of quaternary nitrogens is 1. The van der Waals surface area contributed by atoms with Crippen molar-refractivity contribution in [2.45, 2.75) is 39.2 Å². The molecule has 1 heterocycles. The zero-order valence-electron chi connectivity index (χ0n) is 13.3. The molecule has 0 saturated carbocycles. The van der Waals surface area contributed by atoms with E-state index in [9.17, 15) is 14.9 Å². The van der Waals surface area contributed by atoms with E-state index in [1.54, 1.807) is 13.0 Å². The molecule has 1 fully saturated rings. The molecular weight excluding hydrogens is 284 g/mol. The predicted molar refractivity (Wildman–Crippen MR) is 81.7 cm³/mol. The average molecular weight is 307 g/mol. The molecule has 0 unspecified atom stereocenters. The molecule has 120 valence electrons. The lowest BCUT2D eigenvalue weighted by Gasteiger charge is -2.35. The van der Waals surface area contributed by atoms with Crippen molar-refractivity contribution in [1.82, 2.24) is 0 Å². The van der Waals surface area contributed by atoms with Gasteiger partial charge in [-0.15, -0.1) is 0 Å². The maximum Gasteiger partial charge on any atom is 0.339 e. The third-order valence-corrected chi connectivity index (χ3v) is 4.50. The molecule has 22 heavy (non-hydrogen) atoms. The van der Waals surface area contributed by atoms with Crippen LogP contribution in [-0.2, 0) is 4.74 Å². The smallest absolute Gasteiger partial charge is 0.339 e. The maximum atomic E-state index is 12.4. The quantitative estimate of drug-likeness (QED) is 0.522. The molecule has 0 spiro atoms. The number of esters is 1. The van der Waals surface area contributed by atoms with Gasteiger partial charge in [-0.3, -0.25) is 10.1 Å². The van der Waals surface area contributed by atoms with Crippen LogP contribution in [0.4, 0.5) is 5.69 Å². The van der Waals surface area contributed by atoms with Gasteiger partial charge in [-0.1, -0.05) is 6.07 Å². The maximum absolute atomic E-state index is 12.4. The lowest BCUT2D eigenvalue weighted by Crippen LogP contribution is -2.86. The van der Waals surface area contributed by atoms with Crippen LogP contribution >= 0.6 is 0 Å². The molecule has 1 aliphatic rings. The summed E-state index contributed by atoms with van der Waals surface area (Å²) in [7, 11) is 0. The van der Waals surface area contributed by atoms with Crippen LogP contribution in [0.5, 0.6) is 0 Å². The van der Waals surface area contributed by atoms with Crippen LogP contribution in [0.15, 0.2) is 18.2 Å². The molecule has 0 radical (unpaired) electrons. The first-order chi connectivity index (χ1) is 10.3. The Morgan fingerprint density at radius 2 is 2.00 bits per heavy atom. The van der Waals surface area contributed by atoms with Crippen molar-refractivity contribution in [1.29, 1.82) is 0 Å². The first kappa shape index (κ1) is 16.4. The summed E-state index contributed by atoms with van der Waals surface area (Å²) in [5.74, 6) is -0.166. The first-order valence-electron chi connectivity index (χ1n) is 7.62. The Hall–Kier alpha value is -1.95. The lowest BCUT2D eigenvalue weighted by atomic mass is 9.83. The van der Waals surface area contributed by atoms with Gasteiger partial charge in [-0.25, -0.2) is 4.79 Å². The number of carbonyl (C=O) groups excluding carboxylic acids is 1. The fourth-order valence-corrected chi connectivity index (χ4v) is 3.04. The Labute approximate surface area is 130 Å². The number of carbonyl (C=O) groups is 1. The van der Waals surface area contributed by atoms with Gasteiger partial charge in [0.05, 0.1) is 23.6 Å². The average Bonchev–Trinajstić information content (AvgIpc) is 2.47. The minimum absolute atomic E-state index is 0.0560. The van der Waals surface area contributed by atoms with Crippen LogP contribution in [-0.4, -0.2) is 29.6 Å². The second-order valence-electron chi connectivity index (χ2n) is 6.34. The molecule has 2 rings (SSSR count). The van der Waals surface area contributed by atoms with Crippen molar-refractivity contribution in [3.05, 3.63) is 39.4 Å². The van der Waals surface area contributed by atoms with Gasteiger partial charge in [0.1, 0.15) is 5.60 Å². The van der Waals surface area contributed by atoms with E-state index in [-0.39, 0.29) is 11.3 Å². The standard InChI is InChI=1S/C16H22N2O4/c1-11-13(5-4-6-14(11)18(20)21)15(19)22-16(2,3)12-7-9-17-10-8-12/h4-6,12,17H,7-10H2,1-3H3/p+1. The van der Waals surface area contributed by atoms with Gasteiger partial charge >= 0.3 is 5.97 Å². The van der Waals surface area contributed by atoms with Crippen LogP contribution in [0.2, 0.25) is 0 Å². The summed E-state index contributed by atoms with van der Waals surface area (Å²) in [6.45, 7) is 7.52. The number of hydrogen-bond acceptors (Lipinski definition) is 4. The number of rotatable bonds is 4. The zero-order valence-corrected chi connectivity index (χ0v) is 13.3. The third-order valence-electron chi connectivity index (χ3n) is 4.50. The highest BCUT2D eigenvalue weighted by molar-refractivity contribution is 5.92. The van der Waals surface area contributed by atoms with Crippen molar-refractivity contribution in [2.24, 2.45) is 5.92 Å². The largest absolute Gasteiger partial charge is 0.456 e. The van der Waals surface area contributed by atoms with E-state index in [2.05, 4.69) is 5.32 Å². The molecule has 0 aliphatic carbocycles. The van der Waals surface area contributed by atoms with E-state index in [4.69, 9.17) is 4.74 Å². The number of ether oxygens (including phenoxy) is 1. The number of nitro benzene ring substituents is 1. The van der Waals surface area contributed by atoms with Crippen LogP contribution in [0, 0.1) is 23.0 Å². The summed E-state index contributed by atoms with van der Waals surface area (Å²) in [5, 5.41) is 13.2. The topological polar surface area (TPSA) is 86.0 Å². The zero-order chi connectivity index (χ0) is 16.3. The summed E-state index contributed by atoms with van der Waals surface area (Å²) >= 11 is 0. The van der Waals surface area contributed by atoms with E-state index in [0.717, 1.165) is 25.9 Å². The predicted octanol–water partition coefficient (Wildman–Crippen LogP) is 1.81. The van der Waals surface area contributed by atoms with Crippen LogP contribution in [0.25, 0.3) is 0 Å². The SMILES string of the molecule is Cc1c(C(=O)OC(C)(C)C2CC[NH2+]CC2)cccc1[N+](=O)[O-]. The molecule has 1 saturated heterocycles. The van der Waals surface area contributed by atoms with Crippen molar-refractivity contribution in [3.63, 3.8) is 0 Å². The third kappa shape index (κ3) is 3.44.